The van der Waals surface area contributed by atoms with Crippen molar-refractivity contribution in [3.8, 4) is 17.6 Å². The summed E-state index contributed by atoms with van der Waals surface area (Å²) in [5.74, 6) is 0.327. The number of aromatic nitrogens is 8. The molecule has 0 bridgehead atoms. The molecular formula is C64H67FN11O14P2SSi+. The van der Waals surface area contributed by atoms with E-state index in [1.54, 1.807) is 99.1 Å². The standard InChI is InChI=1S/C64H66FN11O14P2SSi/c1-63(2,3)94(6,7)90-54-53(88-91(79)80)48(87-62(54)76-39-72-51-56(68-37-70-58(51)76)74-60(78)41-20-13-9-14-21-41)35-85-92(93,84-33-17-32-66)89-52-47(86-61(49(52)65)75-38-71-50-55(67-36-69-57(50)75)73-59(77)40-18-11-8-12-19-40)34-83-64(42-22-15-10-16-23-42,43-24-28-45(81-4)29-25-43)44-26-30-46(82-5)31-27-44/h8-16,18-31,36-39,47-49,52-54,61-62H,17,33-35H2,1-7H3,(H2-,67,68,69,70,73,74,77,78,79,80)/p+1/t47-,48-,49-,52-,53-,54-,61-,62-,92?/m1/s1. The maximum Gasteiger partial charge on any atom is 0.695 e. The maximum atomic E-state index is 18.5. The third-order valence-corrected chi connectivity index (χ3v) is 23.8. The number of alkyl halides is 1. The molecular weight excluding hydrogens is 1290 g/mol. The van der Waals surface area contributed by atoms with Crippen LogP contribution in [0.5, 0.6) is 11.5 Å². The van der Waals surface area contributed by atoms with Gasteiger partial charge in [0.05, 0.1) is 59.2 Å². The number of amides is 2. The van der Waals surface area contributed by atoms with Crippen LogP contribution in [0.3, 0.4) is 0 Å². The lowest BCUT2D eigenvalue weighted by atomic mass is 9.80. The molecule has 11 rings (SSSR count). The molecule has 488 valence electrons. The number of ether oxygens (including phenoxy) is 5. The van der Waals surface area contributed by atoms with Crippen molar-refractivity contribution in [1.29, 1.82) is 5.26 Å². The molecule has 2 aliphatic rings. The first-order valence-electron chi connectivity index (χ1n) is 29.7. The number of methoxy groups -OCH3 is 2. The van der Waals surface area contributed by atoms with Gasteiger partial charge in [-0.2, -0.15) is 5.26 Å². The van der Waals surface area contributed by atoms with E-state index in [2.05, 4.69) is 40.5 Å². The molecule has 4 aromatic heterocycles. The van der Waals surface area contributed by atoms with E-state index in [1.807, 2.05) is 94.5 Å². The van der Waals surface area contributed by atoms with Crippen molar-refractivity contribution in [2.75, 3.05) is 44.7 Å². The van der Waals surface area contributed by atoms with Crippen LogP contribution in [0, 0.1) is 11.3 Å². The summed E-state index contributed by atoms with van der Waals surface area (Å²) >= 11 is 6.26. The minimum absolute atomic E-state index is 0.0352. The molecule has 94 heavy (non-hydrogen) atoms. The van der Waals surface area contributed by atoms with Gasteiger partial charge in [0.25, 0.3) is 11.8 Å². The van der Waals surface area contributed by atoms with E-state index in [9.17, 15) is 24.3 Å². The molecule has 30 heteroatoms. The van der Waals surface area contributed by atoms with Crippen molar-refractivity contribution in [3.63, 3.8) is 0 Å². The summed E-state index contributed by atoms with van der Waals surface area (Å²) in [6, 6.07) is 43.0. The number of carbonyl (C=O) groups excluding carboxylic acids is 2. The fourth-order valence-corrected chi connectivity index (χ4v) is 14.7. The molecule has 9 aromatic rings. The van der Waals surface area contributed by atoms with E-state index >= 15 is 4.39 Å². The first-order valence-corrected chi connectivity index (χ1v) is 36.3. The van der Waals surface area contributed by atoms with E-state index in [0.29, 0.717) is 39.3 Å². The predicted octanol–water partition coefficient (Wildman–Crippen LogP) is 11.3. The highest BCUT2D eigenvalue weighted by Crippen LogP contribution is 2.56. The highest BCUT2D eigenvalue weighted by Gasteiger charge is 2.57. The molecule has 2 amide bonds. The second kappa shape index (κ2) is 28.8. The van der Waals surface area contributed by atoms with E-state index in [0.717, 1.165) is 0 Å². The lowest BCUT2D eigenvalue weighted by molar-refractivity contribution is -0.0933. The second-order valence-corrected chi connectivity index (χ2v) is 31.7. The van der Waals surface area contributed by atoms with Crippen LogP contribution in [0.4, 0.5) is 16.0 Å². The minimum Gasteiger partial charge on any atom is -0.497 e. The van der Waals surface area contributed by atoms with Gasteiger partial charge in [-0.25, -0.2) is 34.3 Å². The Morgan fingerprint density at radius 2 is 1.16 bits per heavy atom. The molecule has 5 aromatic carbocycles. The largest absolute Gasteiger partial charge is 0.695 e. The lowest BCUT2D eigenvalue weighted by Gasteiger charge is -2.40. The first kappa shape index (κ1) is 67.2. The average molecular weight is 1360 g/mol. The molecule has 2 aliphatic heterocycles. The summed E-state index contributed by atoms with van der Waals surface area (Å²) in [5.41, 5.74) is 1.74. The van der Waals surface area contributed by atoms with Crippen molar-refractivity contribution in [2.24, 2.45) is 0 Å². The summed E-state index contributed by atoms with van der Waals surface area (Å²) in [7, 11) is -3.14. The number of nitriles is 1. The Morgan fingerprint density at radius 3 is 1.65 bits per heavy atom. The van der Waals surface area contributed by atoms with Crippen molar-refractivity contribution in [3.05, 3.63) is 193 Å². The number of nitrogens with zero attached hydrogens (tertiary/aromatic N) is 9. The molecule has 0 saturated carbocycles. The number of hydrogen-bond acceptors (Lipinski definition) is 21. The Hall–Kier alpha value is -8.23. The normalized spacial score (nSPS) is 20.7. The number of carbonyl (C=O) groups is 2. The molecule has 0 radical (unpaired) electrons. The zero-order valence-electron chi connectivity index (χ0n) is 52.0. The number of imidazole rings is 2. The first-order chi connectivity index (χ1) is 45.2. The lowest BCUT2D eigenvalue weighted by Crippen LogP contribution is -2.49. The summed E-state index contributed by atoms with van der Waals surface area (Å²) in [6.07, 6.45) is -7.11. The van der Waals surface area contributed by atoms with Crippen LogP contribution in [0.25, 0.3) is 22.3 Å². The van der Waals surface area contributed by atoms with Crippen LogP contribution in [0.2, 0.25) is 18.1 Å². The monoisotopic (exact) mass is 1350 g/mol. The number of hydrogen-bond donors (Lipinski definition) is 3. The molecule has 0 aliphatic carbocycles. The number of anilines is 2. The van der Waals surface area contributed by atoms with E-state index < -0.39 is 108 Å². The zero-order valence-corrected chi connectivity index (χ0v) is 55.6. The van der Waals surface area contributed by atoms with Gasteiger partial charge >= 0.3 is 15.0 Å². The Bertz CT molecular complexity index is 4190. The molecule has 3 N–H and O–H groups in total. The van der Waals surface area contributed by atoms with E-state index in [-0.39, 0.29) is 47.0 Å². The smallest absolute Gasteiger partial charge is 0.497 e. The van der Waals surface area contributed by atoms with Gasteiger partial charge in [0.15, 0.2) is 67.0 Å². The molecule has 25 nitrogen and oxygen atoms in total. The van der Waals surface area contributed by atoms with Gasteiger partial charge in [-0.15, -0.1) is 9.42 Å². The van der Waals surface area contributed by atoms with Crippen molar-refractivity contribution < 1.29 is 69.6 Å². The Labute approximate surface area is 547 Å². The second-order valence-electron chi connectivity index (χ2n) is 23.3. The number of nitrogens with one attached hydrogen (secondary N) is 2. The van der Waals surface area contributed by atoms with Crippen LogP contribution in [-0.2, 0) is 58.7 Å². The SMILES string of the molecule is COc1ccc(C(OC[C@H]2O[C@@H](n3cnc4c(NC(=O)c5ccccc5)ncnc43)[C@H](F)[C@@H]2OP(=S)(OCCC#N)OC[C@H]2O[C@@H](n3cnc4c(NC(=O)c5ccccc5)ncnc43)[C@H](O[Si](C)(C)C(C)(C)C)[C@@H]2O[P+](=O)O)(c2ccccc2)c2ccc(OC)cc2)cc1. The van der Waals surface area contributed by atoms with Gasteiger partial charge in [0.1, 0.15) is 54.2 Å². The molecule has 2 saturated heterocycles. The minimum atomic E-state index is -4.40. The maximum absolute atomic E-state index is 18.5. The summed E-state index contributed by atoms with van der Waals surface area (Å²) in [5, 5.41) is 15.0. The van der Waals surface area contributed by atoms with Crippen LogP contribution in [-0.4, -0.2) is 135 Å². The van der Waals surface area contributed by atoms with Crippen LogP contribution in [0.1, 0.15) is 77.1 Å². The molecule has 10 atom stereocenters. The summed E-state index contributed by atoms with van der Waals surface area (Å²) in [4.78, 5) is 64.4. The van der Waals surface area contributed by atoms with Gasteiger partial charge in [0, 0.05) is 15.7 Å². The van der Waals surface area contributed by atoms with Crippen LogP contribution in [0.15, 0.2) is 165 Å². The van der Waals surface area contributed by atoms with Gasteiger partial charge in [-0.05, 0) is 95.2 Å². The van der Waals surface area contributed by atoms with E-state index in [1.165, 1.54) is 34.4 Å². The Morgan fingerprint density at radius 1 is 0.681 bits per heavy atom. The molecule has 0 spiro atoms. The summed E-state index contributed by atoms with van der Waals surface area (Å²) in [6.45, 7) is 4.22. The van der Waals surface area contributed by atoms with Crippen LogP contribution < -0.4 is 20.1 Å². The van der Waals surface area contributed by atoms with Gasteiger partial charge in [0.2, 0.25) is 0 Å². The number of fused-ring (bicyclic) bond motifs is 2. The van der Waals surface area contributed by atoms with Gasteiger partial charge in [-0.3, -0.25) is 23.2 Å². The number of halogens is 1. The van der Waals surface area contributed by atoms with Crippen molar-refractivity contribution >= 4 is 80.9 Å². The predicted molar refractivity (Wildman–Crippen MR) is 348 cm³/mol. The fraction of sp³-hybridized carbons (Fsp3) is 0.328. The van der Waals surface area contributed by atoms with Crippen molar-refractivity contribution in [1.82, 2.24) is 39.0 Å². The Balaban J connectivity index is 0.972. The van der Waals surface area contributed by atoms with Gasteiger partial charge in [-0.1, -0.05) is 112 Å². The molecule has 2 unspecified atom stereocenters. The quantitative estimate of drug-likeness (QED) is 0.0196. The van der Waals surface area contributed by atoms with Crippen molar-refractivity contribution in [2.45, 2.75) is 100 Å². The van der Waals surface area contributed by atoms with E-state index in [4.69, 9.17) is 58.0 Å². The van der Waals surface area contributed by atoms with Gasteiger partial charge < -0.3 is 47.8 Å². The third kappa shape index (κ3) is 14.2. The fourth-order valence-electron chi connectivity index (χ4n) is 10.8. The average Bonchev–Trinajstić information content (AvgIpc) is 1.47. The highest BCUT2D eigenvalue weighted by molar-refractivity contribution is 8.07. The number of rotatable bonds is 26. The highest BCUT2D eigenvalue weighted by atomic mass is 32.5. The number of benzene rings is 5. The Kier molecular flexibility index (Phi) is 20.6. The van der Waals surface area contributed by atoms with Crippen LogP contribution >= 0.6 is 15.0 Å². The zero-order chi connectivity index (χ0) is 66.4. The third-order valence-electron chi connectivity index (χ3n) is 16.6. The molecule has 2 fully saturated rings. The topological polar surface area (TPSA) is 299 Å². The molecule has 6 heterocycles. The summed E-state index contributed by atoms with van der Waals surface area (Å²) < 4.78 is 99.2.